The van der Waals surface area contributed by atoms with Gasteiger partial charge in [-0.3, -0.25) is 24.2 Å². The van der Waals surface area contributed by atoms with Gasteiger partial charge in [-0.25, -0.2) is 0 Å². The number of anilines is 1. The van der Waals surface area contributed by atoms with Crippen molar-refractivity contribution < 1.29 is 37.7 Å². The van der Waals surface area contributed by atoms with Gasteiger partial charge in [0, 0.05) is 57.2 Å². The summed E-state index contributed by atoms with van der Waals surface area (Å²) in [7, 11) is 3.29. The predicted octanol–water partition coefficient (Wildman–Crippen LogP) is 6.34. The van der Waals surface area contributed by atoms with E-state index in [1.807, 2.05) is 25.1 Å². The van der Waals surface area contributed by atoms with E-state index in [4.69, 9.17) is 46.6 Å². The van der Waals surface area contributed by atoms with E-state index in [0.717, 1.165) is 12.8 Å². The summed E-state index contributed by atoms with van der Waals surface area (Å²) in [4.78, 5) is 44.9. The normalized spacial score (nSPS) is 24.3. The molecule has 270 valence electrons. The molecular formula is C37H45Cl2N3O8. The average Bonchev–Trinajstić information content (AvgIpc) is 3.90. The average molecular weight is 731 g/mol. The number of hydrogen-bond acceptors (Lipinski definition) is 10. The molecule has 2 saturated heterocycles. The van der Waals surface area contributed by atoms with Crippen molar-refractivity contribution >= 4 is 57.5 Å². The van der Waals surface area contributed by atoms with Crippen LogP contribution in [-0.4, -0.2) is 98.6 Å². The minimum absolute atomic E-state index is 0.0698. The summed E-state index contributed by atoms with van der Waals surface area (Å²) in [6.45, 7) is 4.37. The van der Waals surface area contributed by atoms with Gasteiger partial charge in [-0.1, -0.05) is 41.4 Å². The number of ketones is 1. The molecule has 3 aliphatic rings. The molecule has 6 rings (SSSR count). The lowest BCUT2D eigenvalue weighted by atomic mass is 9.87. The van der Waals surface area contributed by atoms with Crippen LogP contribution in [0, 0.1) is 5.92 Å². The number of nitrogens with zero attached hydrogens (tertiary/aromatic N) is 2. The largest absolute Gasteiger partial charge is 0.466 e. The molecule has 1 unspecified atom stereocenters. The number of hydrogen-bond donors (Lipinski definition) is 1. The SMILES string of the molecule is CCOC(=O)C1CCC(OC(C(=O)Cc2cc(Cl)c(NC(=O)c3coc4ccccc34)cc2Cl)(N2CCCC2)N2C[C@@H](OC)[C@H](OC)C2)CC1. The number of fused-ring (bicyclic) bond motifs is 1. The Morgan fingerprint density at radius 1 is 0.940 bits per heavy atom. The number of esters is 1. The van der Waals surface area contributed by atoms with E-state index in [2.05, 4.69) is 15.1 Å². The quantitative estimate of drug-likeness (QED) is 0.200. The van der Waals surface area contributed by atoms with Gasteiger partial charge in [-0.05, 0) is 69.2 Å². The first-order valence-corrected chi connectivity index (χ1v) is 18.1. The maximum atomic E-state index is 15.0. The number of halogens is 2. The Labute approximate surface area is 302 Å². The smallest absolute Gasteiger partial charge is 0.308 e. The number of rotatable bonds is 13. The van der Waals surface area contributed by atoms with E-state index in [1.165, 1.54) is 6.26 Å². The summed E-state index contributed by atoms with van der Waals surface area (Å²) < 4.78 is 29.5. The van der Waals surface area contributed by atoms with Crippen LogP contribution in [0.3, 0.4) is 0 Å². The second-order valence-corrected chi connectivity index (χ2v) is 14.0. The fourth-order valence-electron chi connectivity index (χ4n) is 7.59. The first-order valence-electron chi connectivity index (χ1n) is 17.4. The minimum atomic E-state index is -1.42. The van der Waals surface area contributed by atoms with E-state index in [0.29, 0.717) is 86.3 Å². The molecule has 50 heavy (non-hydrogen) atoms. The Kier molecular flexibility index (Phi) is 11.8. The van der Waals surface area contributed by atoms with Gasteiger partial charge in [0.25, 0.3) is 5.91 Å². The lowest BCUT2D eigenvalue weighted by molar-refractivity contribution is -0.254. The van der Waals surface area contributed by atoms with Crippen molar-refractivity contribution in [3.63, 3.8) is 0 Å². The van der Waals surface area contributed by atoms with Crippen LogP contribution in [-0.2, 0) is 35.0 Å². The van der Waals surface area contributed by atoms with Gasteiger partial charge in [0.2, 0.25) is 5.85 Å². The number of para-hydroxylation sites is 1. The minimum Gasteiger partial charge on any atom is -0.466 e. The second kappa shape index (κ2) is 16.1. The molecule has 2 aromatic carbocycles. The molecule has 11 nitrogen and oxygen atoms in total. The Balaban J connectivity index is 1.28. The molecular weight excluding hydrogens is 685 g/mol. The first kappa shape index (κ1) is 36.8. The lowest BCUT2D eigenvalue weighted by Crippen LogP contribution is -2.67. The molecule has 0 bridgehead atoms. The van der Waals surface area contributed by atoms with Crippen molar-refractivity contribution in [2.75, 3.05) is 52.3 Å². The highest BCUT2D eigenvalue weighted by molar-refractivity contribution is 6.36. The van der Waals surface area contributed by atoms with Crippen LogP contribution >= 0.6 is 23.2 Å². The van der Waals surface area contributed by atoms with Gasteiger partial charge < -0.3 is 28.7 Å². The zero-order valence-corrected chi connectivity index (χ0v) is 30.3. The highest BCUT2D eigenvalue weighted by atomic mass is 35.5. The van der Waals surface area contributed by atoms with Gasteiger partial charge in [0.05, 0.1) is 47.1 Å². The number of furan rings is 1. The molecule has 2 aliphatic heterocycles. The van der Waals surface area contributed by atoms with Crippen molar-refractivity contribution in [2.45, 2.75) is 76.0 Å². The third-order valence-corrected chi connectivity index (χ3v) is 10.9. The number of carbonyl (C=O) groups excluding carboxylic acids is 3. The Morgan fingerprint density at radius 3 is 2.28 bits per heavy atom. The van der Waals surface area contributed by atoms with Crippen LogP contribution in [0.25, 0.3) is 11.0 Å². The maximum absolute atomic E-state index is 15.0. The first-order chi connectivity index (χ1) is 24.2. The van der Waals surface area contributed by atoms with Crippen LogP contribution in [0.5, 0.6) is 0 Å². The molecule has 3 aromatic rings. The van der Waals surface area contributed by atoms with E-state index < -0.39 is 11.8 Å². The van der Waals surface area contributed by atoms with E-state index >= 15 is 0 Å². The van der Waals surface area contributed by atoms with Crippen molar-refractivity contribution in [1.29, 1.82) is 0 Å². The number of likely N-dealkylation sites (tertiary alicyclic amines) is 2. The molecule has 0 radical (unpaired) electrons. The summed E-state index contributed by atoms with van der Waals surface area (Å²) in [5.41, 5.74) is 1.79. The zero-order chi connectivity index (χ0) is 35.4. The van der Waals surface area contributed by atoms with Gasteiger partial charge in [-0.15, -0.1) is 0 Å². The fourth-order valence-corrected chi connectivity index (χ4v) is 8.06. The van der Waals surface area contributed by atoms with Crippen molar-refractivity contribution in [1.82, 2.24) is 9.80 Å². The molecule has 1 saturated carbocycles. The molecule has 3 atom stereocenters. The Hall–Kier alpha value is -3.03. The van der Waals surface area contributed by atoms with Crippen LogP contribution in [0.15, 0.2) is 47.1 Å². The number of nitrogens with one attached hydrogen (secondary N) is 1. The summed E-state index contributed by atoms with van der Waals surface area (Å²) in [5.74, 6) is -2.36. The van der Waals surface area contributed by atoms with Gasteiger partial charge in [0.1, 0.15) is 11.8 Å². The van der Waals surface area contributed by atoms with E-state index in [-0.39, 0.29) is 52.4 Å². The standard InChI is InChI=1S/C37H45Cl2N3O8/c1-4-48-36(45)23-11-13-25(14-12-23)50-37(41-15-7-8-16-41,42-20-32(46-2)33(21-42)47-3)34(43)18-24-17-29(39)30(19-28(24)38)40-35(44)27-22-49-31-10-6-5-9-26(27)31/h5-6,9-10,17,19,22-23,25,32-33H,4,7-8,11-16,18,20-21H2,1-3H3,(H,40,44)/t23?,25?,32-,33-,37?/m1/s1. The maximum Gasteiger partial charge on any atom is 0.308 e. The number of methoxy groups -OCH3 is 2. The molecule has 1 aliphatic carbocycles. The monoisotopic (exact) mass is 729 g/mol. The lowest BCUT2D eigenvalue weighted by Gasteiger charge is -2.48. The summed E-state index contributed by atoms with van der Waals surface area (Å²) >= 11 is 13.6. The summed E-state index contributed by atoms with van der Waals surface area (Å²) in [6, 6.07) is 10.5. The van der Waals surface area contributed by atoms with Crippen LogP contribution in [0.1, 0.15) is 61.4 Å². The van der Waals surface area contributed by atoms with Crippen LogP contribution in [0.4, 0.5) is 5.69 Å². The zero-order valence-electron chi connectivity index (χ0n) is 28.8. The third-order valence-electron chi connectivity index (χ3n) is 10.2. The topological polar surface area (TPSA) is 120 Å². The molecule has 0 spiro atoms. The summed E-state index contributed by atoms with van der Waals surface area (Å²) in [5, 5.41) is 4.04. The summed E-state index contributed by atoms with van der Waals surface area (Å²) in [6.07, 6.45) is 4.90. The van der Waals surface area contributed by atoms with Crippen molar-refractivity contribution in [3.8, 4) is 0 Å². The second-order valence-electron chi connectivity index (χ2n) is 13.2. The van der Waals surface area contributed by atoms with Crippen molar-refractivity contribution in [3.05, 3.63) is 63.8 Å². The number of ether oxygens (including phenoxy) is 4. The van der Waals surface area contributed by atoms with E-state index in [9.17, 15) is 14.4 Å². The molecule has 1 aromatic heterocycles. The predicted molar refractivity (Wildman–Crippen MR) is 190 cm³/mol. The van der Waals surface area contributed by atoms with Gasteiger partial charge in [0.15, 0.2) is 5.78 Å². The fraction of sp³-hybridized carbons (Fsp3) is 0.541. The van der Waals surface area contributed by atoms with Crippen LogP contribution in [0.2, 0.25) is 10.0 Å². The number of carbonyl (C=O) groups is 3. The van der Waals surface area contributed by atoms with E-state index in [1.54, 1.807) is 32.4 Å². The Bertz CT molecular complexity index is 1670. The van der Waals surface area contributed by atoms with Gasteiger partial charge >= 0.3 is 5.97 Å². The molecule has 1 N–H and O–H groups in total. The highest BCUT2D eigenvalue weighted by Crippen LogP contribution is 2.39. The van der Waals surface area contributed by atoms with Gasteiger partial charge in [-0.2, -0.15) is 0 Å². The molecule has 1 amide bonds. The molecule has 3 fully saturated rings. The number of amides is 1. The number of benzene rings is 2. The van der Waals surface area contributed by atoms with Crippen LogP contribution < -0.4 is 5.32 Å². The number of Topliss-reactive ketones (excluding diaryl/α,β-unsaturated/α-hetero) is 1. The third kappa shape index (κ3) is 7.46. The Morgan fingerprint density at radius 2 is 1.62 bits per heavy atom. The molecule has 3 heterocycles. The highest BCUT2D eigenvalue weighted by Gasteiger charge is 2.56. The molecule has 13 heteroatoms. The van der Waals surface area contributed by atoms with Crippen molar-refractivity contribution in [2.24, 2.45) is 5.92 Å².